The van der Waals surface area contributed by atoms with Gasteiger partial charge in [0.05, 0.1) is 5.75 Å². The van der Waals surface area contributed by atoms with Crippen LogP contribution in [0.4, 0.5) is 8.78 Å². The Morgan fingerprint density at radius 3 is 2.47 bits per heavy atom. The summed E-state index contributed by atoms with van der Waals surface area (Å²) in [6.07, 6.45) is 1.03. The second-order valence-electron chi connectivity index (χ2n) is 3.11. The van der Waals surface area contributed by atoms with Gasteiger partial charge in [-0.3, -0.25) is 0 Å². The first-order chi connectivity index (χ1) is 7.81. The average Bonchev–Trinajstić information content (AvgIpc) is 2.15. The maximum atomic E-state index is 13.6. The molecule has 1 aromatic rings. The van der Waals surface area contributed by atoms with Crippen LogP contribution in [0.3, 0.4) is 0 Å². The zero-order chi connectivity index (χ0) is 13.2. The van der Waals surface area contributed by atoms with Gasteiger partial charge in [0, 0.05) is 0 Å². The van der Waals surface area contributed by atoms with Gasteiger partial charge >= 0.3 is 5.97 Å². The van der Waals surface area contributed by atoms with Gasteiger partial charge in [0.1, 0.15) is 16.3 Å². The molecule has 1 N–H and O–H groups in total. The van der Waals surface area contributed by atoms with Gasteiger partial charge in [-0.25, -0.2) is 22.0 Å². The van der Waals surface area contributed by atoms with E-state index in [0.717, 1.165) is 6.08 Å². The second-order valence-corrected chi connectivity index (χ2v) is 5.11. The molecule has 1 rings (SSSR count). The standard InChI is InChI=1S/C10H8F2O4S/c1-2-5-17(15,16)7-4-3-6(11)8(9(7)12)10(13)14/h2-4H,1,5H2,(H,13,14). The molecular formula is C10H8F2O4S. The molecule has 17 heavy (non-hydrogen) atoms. The summed E-state index contributed by atoms with van der Waals surface area (Å²) in [4.78, 5) is 9.73. The fourth-order valence-electron chi connectivity index (χ4n) is 1.21. The lowest BCUT2D eigenvalue weighted by atomic mass is 10.2. The van der Waals surface area contributed by atoms with E-state index >= 15 is 0 Å². The largest absolute Gasteiger partial charge is 0.477 e. The third-order valence-electron chi connectivity index (χ3n) is 1.94. The fraction of sp³-hybridized carbons (Fsp3) is 0.100. The number of hydrogen-bond donors (Lipinski definition) is 1. The highest BCUT2D eigenvalue weighted by atomic mass is 32.2. The molecule has 4 nitrogen and oxygen atoms in total. The number of benzene rings is 1. The second kappa shape index (κ2) is 4.62. The van der Waals surface area contributed by atoms with Gasteiger partial charge in [-0.2, -0.15) is 0 Å². The van der Waals surface area contributed by atoms with Crippen molar-refractivity contribution in [3.05, 3.63) is 42.0 Å². The van der Waals surface area contributed by atoms with Gasteiger partial charge < -0.3 is 5.11 Å². The first-order valence-electron chi connectivity index (χ1n) is 4.36. The zero-order valence-electron chi connectivity index (χ0n) is 8.48. The third kappa shape index (κ3) is 2.50. The summed E-state index contributed by atoms with van der Waals surface area (Å²) in [7, 11) is -4.04. The third-order valence-corrected chi connectivity index (χ3v) is 3.60. The minimum Gasteiger partial charge on any atom is -0.477 e. The van der Waals surface area contributed by atoms with Gasteiger partial charge in [-0.15, -0.1) is 6.58 Å². The van der Waals surface area contributed by atoms with E-state index in [9.17, 15) is 22.0 Å². The van der Waals surface area contributed by atoms with Crippen molar-refractivity contribution in [1.29, 1.82) is 0 Å². The van der Waals surface area contributed by atoms with E-state index in [0.29, 0.717) is 12.1 Å². The predicted octanol–water partition coefficient (Wildman–Crippen LogP) is 1.62. The van der Waals surface area contributed by atoms with Crippen LogP contribution < -0.4 is 0 Å². The molecule has 0 fully saturated rings. The maximum Gasteiger partial charge on any atom is 0.341 e. The van der Waals surface area contributed by atoms with Crippen molar-refractivity contribution in [2.75, 3.05) is 5.75 Å². The van der Waals surface area contributed by atoms with Crippen LogP contribution in [0.5, 0.6) is 0 Å². The number of hydrogen-bond acceptors (Lipinski definition) is 3. The molecule has 0 saturated heterocycles. The summed E-state index contributed by atoms with van der Waals surface area (Å²) in [5.41, 5.74) is -1.28. The summed E-state index contributed by atoms with van der Waals surface area (Å²) < 4.78 is 49.6. The Kier molecular flexibility index (Phi) is 3.62. The topological polar surface area (TPSA) is 71.4 Å². The van der Waals surface area contributed by atoms with Gasteiger partial charge in [-0.05, 0) is 12.1 Å². The smallest absolute Gasteiger partial charge is 0.341 e. The predicted molar refractivity (Wildman–Crippen MR) is 55.6 cm³/mol. The highest BCUT2D eigenvalue weighted by Crippen LogP contribution is 2.22. The van der Waals surface area contributed by atoms with Crippen molar-refractivity contribution in [3.63, 3.8) is 0 Å². The lowest BCUT2D eigenvalue weighted by molar-refractivity contribution is 0.0685. The van der Waals surface area contributed by atoms with Crippen LogP contribution in [0.2, 0.25) is 0 Å². The molecule has 0 amide bonds. The molecule has 0 heterocycles. The Labute approximate surface area is 96.1 Å². The first kappa shape index (κ1) is 13.3. The Hall–Kier alpha value is -1.76. The Morgan fingerprint density at radius 2 is 2.00 bits per heavy atom. The molecule has 0 aliphatic carbocycles. The van der Waals surface area contributed by atoms with Crippen molar-refractivity contribution in [2.24, 2.45) is 0 Å². The molecule has 0 radical (unpaired) electrons. The van der Waals surface area contributed by atoms with Gasteiger partial charge in [0.15, 0.2) is 15.7 Å². The summed E-state index contributed by atoms with van der Waals surface area (Å²) in [6, 6.07) is 1.29. The molecule has 0 bridgehead atoms. The number of carboxylic acids is 1. The molecule has 0 spiro atoms. The first-order valence-corrected chi connectivity index (χ1v) is 6.01. The van der Waals surface area contributed by atoms with Crippen LogP contribution in [0, 0.1) is 11.6 Å². The van der Waals surface area contributed by atoms with Crippen LogP contribution in [0.25, 0.3) is 0 Å². The van der Waals surface area contributed by atoms with Crippen LogP contribution in [-0.4, -0.2) is 25.2 Å². The molecule has 0 aliphatic rings. The van der Waals surface area contributed by atoms with Crippen molar-refractivity contribution in [3.8, 4) is 0 Å². The minimum absolute atomic E-state index is 0.561. The van der Waals surface area contributed by atoms with E-state index in [1.807, 2.05) is 0 Å². The van der Waals surface area contributed by atoms with E-state index in [1.54, 1.807) is 0 Å². The molecule has 0 saturated carbocycles. The summed E-state index contributed by atoms with van der Waals surface area (Å²) >= 11 is 0. The van der Waals surface area contributed by atoms with E-state index in [1.165, 1.54) is 0 Å². The van der Waals surface area contributed by atoms with E-state index in [4.69, 9.17) is 5.11 Å². The molecule has 92 valence electrons. The van der Waals surface area contributed by atoms with Crippen LogP contribution in [0.1, 0.15) is 10.4 Å². The molecule has 0 aromatic heterocycles. The fourth-order valence-corrected chi connectivity index (χ4v) is 2.35. The van der Waals surface area contributed by atoms with E-state index in [2.05, 4.69) is 6.58 Å². The Balaban J connectivity index is 3.54. The zero-order valence-corrected chi connectivity index (χ0v) is 9.30. The Bertz CT molecular complexity index is 578. The summed E-state index contributed by atoms with van der Waals surface area (Å²) in [5.74, 6) is -5.35. The number of carboxylic acid groups (broad SMARTS) is 1. The van der Waals surface area contributed by atoms with Gasteiger partial charge in [0.25, 0.3) is 0 Å². The molecule has 0 atom stereocenters. The highest BCUT2D eigenvalue weighted by Gasteiger charge is 2.25. The quantitative estimate of drug-likeness (QED) is 0.661. The SMILES string of the molecule is C=CCS(=O)(=O)c1ccc(F)c(C(=O)O)c1F. The molecule has 0 aliphatic heterocycles. The Morgan fingerprint density at radius 1 is 1.41 bits per heavy atom. The highest BCUT2D eigenvalue weighted by molar-refractivity contribution is 7.91. The molecular weight excluding hydrogens is 254 g/mol. The summed E-state index contributed by atoms with van der Waals surface area (Å²) in [6.45, 7) is 3.18. The van der Waals surface area contributed by atoms with Crippen molar-refractivity contribution >= 4 is 15.8 Å². The maximum absolute atomic E-state index is 13.6. The normalized spacial score (nSPS) is 11.2. The monoisotopic (exact) mass is 262 g/mol. The molecule has 7 heteroatoms. The number of carbonyl (C=O) groups is 1. The number of aromatic carboxylic acids is 1. The lowest BCUT2D eigenvalue weighted by Gasteiger charge is -2.06. The number of rotatable bonds is 4. The average molecular weight is 262 g/mol. The van der Waals surface area contributed by atoms with Crippen molar-refractivity contribution in [2.45, 2.75) is 4.90 Å². The van der Waals surface area contributed by atoms with Gasteiger partial charge in [-0.1, -0.05) is 6.08 Å². The lowest BCUT2D eigenvalue weighted by Crippen LogP contribution is -2.12. The number of halogens is 2. The van der Waals surface area contributed by atoms with E-state index < -0.39 is 43.7 Å². The van der Waals surface area contributed by atoms with Gasteiger partial charge in [0.2, 0.25) is 0 Å². The molecule has 1 aromatic carbocycles. The van der Waals surface area contributed by atoms with Crippen molar-refractivity contribution < 1.29 is 27.1 Å². The number of sulfone groups is 1. The van der Waals surface area contributed by atoms with Crippen LogP contribution in [0.15, 0.2) is 29.7 Å². The minimum atomic E-state index is -4.04. The summed E-state index contributed by atoms with van der Waals surface area (Å²) in [5, 5.41) is 8.57. The van der Waals surface area contributed by atoms with Crippen LogP contribution >= 0.6 is 0 Å². The van der Waals surface area contributed by atoms with Crippen molar-refractivity contribution in [1.82, 2.24) is 0 Å². The van der Waals surface area contributed by atoms with E-state index in [-0.39, 0.29) is 0 Å². The molecule has 0 unspecified atom stereocenters. The van der Waals surface area contributed by atoms with Crippen LogP contribution in [-0.2, 0) is 9.84 Å².